The number of hydrogen-bond acceptors (Lipinski definition) is 3. The summed E-state index contributed by atoms with van der Waals surface area (Å²) in [6.45, 7) is 0. The van der Waals surface area contributed by atoms with Crippen molar-refractivity contribution in [3.8, 4) is 0 Å². The second-order valence-electron chi connectivity index (χ2n) is 2.75. The molecule has 0 unspecified atom stereocenters. The van der Waals surface area contributed by atoms with Crippen molar-refractivity contribution in [2.45, 2.75) is 4.90 Å². The van der Waals surface area contributed by atoms with Gasteiger partial charge in [0.25, 0.3) is 15.0 Å². The molecule has 0 atom stereocenters. The molecule has 0 heterocycles. The lowest BCUT2D eigenvalue weighted by atomic mass is 10.2. The Morgan fingerprint density at radius 1 is 1.31 bits per heavy atom. The van der Waals surface area contributed by atoms with Crippen molar-refractivity contribution in [1.82, 2.24) is 5.32 Å². The molecule has 1 N–H and O–H groups in total. The molecular weight excluding hydrogens is 297 g/mol. The zero-order valence-corrected chi connectivity index (χ0v) is 11.0. The van der Waals surface area contributed by atoms with Crippen LogP contribution in [-0.2, 0) is 9.05 Å². The molecule has 16 heavy (non-hydrogen) atoms. The summed E-state index contributed by atoms with van der Waals surface area (Å²) >= 11 is 11.5. The summed E-state index contributed by atoms with van der Waals surface area (Å²) in [6.07, 6.45) is 0. The number of benzene rings is 1. The molecule has 1 aromatic carbocycles. The van der Waals surface area contributed by atoms with Crippen LogP contribution in [0.4, 0.5) is 0 Å². The van der Waals surface area contributed by atoms with Crippen molar-refractivity contribution >= 4 is 48.8 Å². The van der Waals surface area contributed by atoms with Gasteiger partial charge in [0.1, 0.15) is 4.90 Å². The fourth-order valence-electron chi connectivity index (χ4n) is 1.05. The fraction of sp³-hybridized carbons (Fsp3) is 0.125. The van der Waals surface area contributed by atoms with E-state index in [9.17, 15) is 13.2 Å². The molecule has 0 aliphatic heterocycles. The van der Waals surface area contributed by atoms with Crippen LogP contribution in [0.5, 0.6) is 0 Å². The number of carbonyl (C=O) groups excluding carboxylic acids is 1. The standard InChI is InChI=1S/C8H6Cl3NO3S/c1-12-8(13)6-4(9)2-3-5(7(6)10)16(11,14)15/h2-3H,1H3,(H,12,13). The molecule has 1 rings (SSSR count). The molecule has 0 radical (unpaired) electrons. The Morgan fingerprint density at radius 3 is 2.31 bits per heavy atom. The molecule has 88 valence electrons. The predicted octanol–water partition coefficient (Wildman–Crippen LogP) is 2.28. The van der Waals surface area contributed by atoms with E-state index >= 15 is 0 Å². The van der Waals surface area contributed by atoms with Gasteiger partial charge in [0.15, 0.2) is 0 Å². The summed E-state index contributed by atoms with van der Waals surface area (Å²) in [5.74, 6) is -0.586. The average Bonchev–Trinajstić information content (AvgIpc) is 2.15. The average molecular weight is 303 g/mol. The van der Waals surface area contributed by atoms with Gasteiger partial charge in [-0.15, -0.1) is 0 Å². The summed E-state index contributed by atoms with van der Waals surface area (Å²) in [5.41, 5.74) is -0.118. The molecule has 0 aromatic heterocycles. The normalized spacial score (nSPS) is 11.2. The van der Waals surface area contributed by atoms with E-state index in [4.69, 9.17) is 33.9 Å². The van der Waals surface area contributed by atoms with E-state index < -0.39 is 15.0 Å². The van der Waals surface area contributed by atoms with Gasteiger partial charge in [-0.25, -0.2) is 8.42 Å². The van der Waals surface area contributed by atoms with Gasteiger partial charge >= 0.3 is 0 Å². The van der Waals surface area contributed by atoms with E-state index in [2.05, 4.69) is 5.32 Å². The summed E-state index contributed by atoms with van der Waals surface area (Å²) in [5, 5.41) is 2.06. The van der Waals surface area contributed by atoms with E-state index in [1.54, 1.807) is 0 Å². The molecule has 0 saturated carbocycles. The quantitative estimate of drug-likeness (QED) is 0.853. The SMILES string of the molecule is CNC(=O)c1c(Cl)ccc(S(=O)(=O)Cl)c1Cl. The number of halogens is 3. The van der Waals surface area contributed by atoms with Crippen LogP contribution in [0.25, 0.3) is 0 Å². The molecule has 0 aliphatic rings. The zero-order valence-electron chi connectivity index (χ0n) is 7.92. The highest BCUT2D eigenvalue weighted by molar-refractivity contribution is 8.13. The molecule has 0 saturated heterocycles. The maximum absolute atomic E-state index is 11.4. The van der Waals surface area contributed by atoms with E-state index in [1.807, 2.05) is 0 Å². The maximum Gasteiger partial charge on any atom is 0.262 e. The number of nitrogens with one attached hydrogen (secondary N) is 1. The van der Waals surface area contributed by atoms with Crippen LogP contribution < -0.4 is 5.32 Å². The van der Waals surface area contributed by atoms with Crippen LogP contribution in [0.3, 0.4) is 0 Å². The molecule has 8 heteroatoms. The highest BCUT2D eigenvalue weighted by atomic mass is 35.7. The first-order valence-electron chi connectivity index (χ1n) is 3.93. The Balaban J connectivity index is 3.57. The summed E-state index contributed by atoms with van der Waals surface area (Å²) in [4.78, 5) is 11.1. The Morgan fingerprint density at radius 2 is 1.88 bits per heavy atom. The van der Waals surface area contributed by atoms with Crippen LogP contribution in [0, 0.1) is 0 Å². The van der Waals surface area contributed by atoms with E-state index in [-0.39, 0.29) is 20.5 Å². The Hall–Kier alpha value is -0.490. The van der Waals surface area contributed by atoms with Gasteiger partial charge in [0.05, 0.1) is 15.6 Å². The minimum absolute atomic E-state index is 0.0495. The smallest absolute Gasteiger partial charge is 0.262 e. The van der Waals surface area contributed by atoms with Crippen molar-refractivity contribution in [2.75, 3.05) is 7.05 Å². The van der Waals surface area contributed by atoms with Crippen LogP contribution >= 0.6 is 33.9 Å². The largest absolute Gasteiger partial charge is 0.355 e. The van der Waals surface area contributed by atoms with Gasteiger partial charge < -0.3 is 5.32 Å². The summed E-state index contributed by atoms with van der Waals surface area (Å²) in [7, 11) is 2.51. The minimum atomic E-state index is -4.01. The fourth-order valence-corrected chi connectivity index (χ4v) is 2.95. The third-order valence-electron chi connectivity index (χ3n) is 1.77. The maximum atomic E-state index is 11.4. The Bertz CT molecular complexity index is 542. The summed E-state index contributed by atoms with van der Waals surface area (Å²) in [6, 6.07) is 2.38. The van der Waals surface area contributed by atoms with E-state index in [1.165, 1.54) is 13.1 Å². The van der Waals surface area contributed by atoms with E-state index in [0.717, 1.165) is 6.07 Å². The molecule has 0 aliphatic carbocycles. The van der Waals surface area contributed by atoms with Crippen LogP contribution in [0.2, 0.25) is 10.0 Å². The topological polar surface area (TPSA) is 63.2 Å². The monoisotopic (exact) mass is 301 g/mol. The van der Waals surface area contributed by atoms with Gasteiger partial charge in [0.2, 0.25) is 0 Å². The van der Waals surface area contributed by atoms with Gasteiger partial charge in [-0.3, -0.25) is 4.79 Å². The number of amides is 1. The van der Waals surface area contributed by atoms with Crippen LogP contribution in [0.1, 0.15) is 10.4 Å². The molecule has 0 bridgehead atoms. The lowest BCUT2D eigenvalue weighted by Gasteiger charge is -2.08. The van der Waals surface area contributed by atoms with Gasteiger partial charge in [-0.05, 0) is 12.1 Å². The van der Waals surface area contributed by atoms with Crippen molar-refractivity contribution < 1.29 is 13.2 Å². The molecule has 0 spiro atoms. The van der Waals surface area contributed by atoms with Crippen LogP contribution in [0.15, 0.2) is 17.0 Å². The predicted molar refractivity (Wildman–Crippen MR) is 62.9 cm³/mol. The summed E-state index contributed by atoms with van der Waals surface area (Å²) < 4.78 is 22.3. The first kappa shape index (κ1) is 13.6. The minimum Gasteiger partial charge on any atom is -0.355 e. The molecule has 4 nitrogen and oxygen atoms in total. The third kappa shape index (κ3) is 2.60. The number of hydrogen-bond donors (Lipinski definition) is 1. The van der Waals surface area contributed by atoms with E-state index in [0.29, 0.717) is 0 Å². The number of carbonyl (C=O) groups is 1. The zero-order chi connectivity index (χ0) is 12.5. The Kier molecular flexibility index (Phi) is 4.07. The molecule has 1 amide bonds. The molecule has 1 aromatic rings. The second-order valence-corrected chi connectivity index (χ2v) is 6.07. The lowest BCUT2D eigenvalue weighted by molar-refractivity contribution is 0.0963. The van der Waals surface area contributed by atoms with Gasteiger partial charge in [0, 0.05) is 17.7 Å². The van der Waals surface area contributed by atoms with Crippen molar-refractivity contribution in [2.24, 2.45) is 0 Å². The third-order valence-corrected chi connectivity index (χ3v) is 3.96. The highest BCUT2D eigenvalue weighted by Gasteiger charge is 2.22. The van der Waals surface area contributed by atoms with Crippen LogP contribution in [-0.4, -0.2) is 21.4 Å². The van der Waals surface area contributed by atoms with Crippen molar-refractivity contribution in [3.05, 3.63) is 27.7 Å². The second kappa shape index (κ2) is 4.79. The Labute approximate surface area is 107 Å². The van der Waals surface area contributed by atoms with Crippen molar-refractivity contribution in [3.63, 3.8) is 0 Å². The van der Waals surface area contributed by atoms with Gasteiger partial charge in [-0.1, -0.05) is 23.2 Å². The first-order valence-corrected chi connectivity index (χ1v) is 7.00. The van der Waals surface area contributed by atoms with Crippen molar-refractivity contribution in [1.29, 1.82) is 0 Å². The number of rotatable bonds is 2. The highest BCUT2D eigenvalue weighted by Crippen LogP contribution is 2.32. The lowest BCUT2D eigenvalue weighted by Crippen LogP contribution is -2.19. The van der Waals surface area contributed by atoms with Gasteiger partial charge in [-0.2, -0.15) is 0 Å². The molecular formula is C8H6Cl3NO3S. The molecule has 0 fully saturated rings. The first-order chi connectivity index (χ1) is 7.29.